The second-order valence-electron chi connectivity index (χ2n) is 9.99. The Morgan fingerprint density at radius 2 is 1.96 bits per heavy atom. The Labute approximate surface area is 170 Å². The van der Waals surface area contributed by atoms with E-state index in [1.807, 2.05) is 0 Å². The Morgan fingerprint density at radius 1 is 1.25 bits per heavy atom. The molecule has 0 aromatic heterocycles. The molecule has 1 N–H and O–H groups in total. The molecule has 4 rings (SSSR count). The van der Waals surface area contributed by atoms with E-state index < -0.39 is 0 Å². The molecule has 1 saturated heterocycles. The number of hydrogen-bond donors (Lipinski definition) is 1. The molecular weight excluding hydrogens is 344 g/mol. The van der Waals surface area contributed by atoms with Gasteiger partial charge in [0.2, 0.25) is 0 Å². The third-order valence-electron chi connectivity index (χ3n) is 6.79. The molecule has 152 valence electrons. The van der Waals surface area contributed by atoms with E-state index in [9.17, 15) is 4.79 Å². The highest BCUT2D eigenvalue weighted by atomic mass is 16.1. The van der Waals surface area contributed by atoms with Crippen LogP contribution in [0.5, 0.6) is 0 Å². The van der Waals surface area contributed by atoms with Gasteiger partial charge in [-0.2, -0.15) is 0 Å². The Hall–Kier alpha value is -1.45. The predicted octanol–water partition coefficient (Wildman–Crippen LogP) is 4.54. The van der Waals surface area contributed by atoms with Crippen molar-refractivity contribution in [2.45, 2.75) is 65.0 Å². The molecule has 3 heteroatoms. The van der Waals surface area contributed by atoms with Crippen molar-refractivity contribution in [2.24, 2.45) is 17.3 Å². The number of ketones is 1. The first-order valence-corrected chi connectivity index (χ1v) is 11.2. The van der Waals surface area contributed by atoms with Gasteiger partial charge >= 0.3 is 0 Å². The number of hydrogen-bond acceptors (Lipinski definition) is 3. The summed E-state index contributed by atoms with van der Waals surface area (Å²) in [5.41, 5.74) is 3.44. The molecule has 1 aromatic carbocycles. The summed E-state index contributed by atoms with van der Waals surface area (Å²) in [6, 6.07) is 12.1. The fourth-order valence-corrected chi connectivity index (χ4v) is 5.47. The average Bonchev–Trinajstić information content (AvgIpc) is 3.35. The van der Waals surface area contributed by atoms with Gasteiger partial charge in [0.1, 0.15) is 5.78 Å². The molecule has 2 atom stereocenters. The van der Waals surface area contributed by atoms with Gasteiger partial charge in [-0.25, -0.2) is 0 Å². The average molecular weight is 381 g/mol. The van der Waals surface area contributed by atoms with E-state index in [-0.39, 0.29) is 0 Å². The van der Waals surface area contributed by atoms with E-state index in [2.05, 4.69) is 67.4 Å². The molecule has 1 spiro atoms. The second-order valence-corrected chi connectivity index (χ2v) is 9.99. The highest BCUT2D eigenvalue weighted by molar-refractivity contribution is 5.80. The summed E-state index contributed by atoms with van der Waals surface area (Å²) < 4.78 is 0. The largest absolute Gasteiger partial charge is 0.311 e. The number of likely N-dealkylation sites (tertiary alicyclic amines) is 1. The maximum atomic E-state index is 12.0. The summed E-state index contributed by atoms with van der Waals surface area (Å²) >= 11 is 0. The van der Waals surface area contributed by atoms with Gasteiger partial charge in [0.15, 0.2) is 0 Å². The zero-order valence-corrected chi connectivity index (χ0v) is 17.8. The molecule has 0 bridgehead atoms. The van der Waals surface area contributed by atoms with E-state index in [1.54, 1.807) is 5.57 Å². The smallest absolute Gasteiger partial charge is 0.147 e. The van der Waals surface area contributed by atoms with E-state index >= 15 is 0 Å². The van der Waals surface area contributed by atoms with Crippen LogP contribution >= 0.6 is 0 Å². The lowest BCUT2D eigenvalue weighted by atomic mass is 9.60. The molecule has 28 heavy (non-hydrogen) atoms. The third kappa shape index (κ3) is 4.58. The standard InChI is InChI=1S/C25H36N2O/c1-4-20(11-19-8-6-5-7-9-19)23-12-24(23)26-21-13-25(14-21)16-27(17-25)15-22(28)10-18(2)3/h5-9,11,18,21,23-24,26H,4,10,12-17H2,1-3H3/b20-11+/t23-,24+/m1/s1. The van der Waals surface area contributed by atoms with Crippen molar-refractivity contribution in [3.05, 3.63) is 41.5 Å². The molecule has 0 amide bonds. The van der Waals surface area contributed by atoms with Crippen LogP contribution in [0.3, 0.4) is 0 Å². The molecule has 1 aromatic rings. The first-order chi connectivity index (χ1) is 13.5. The minimum atomic E-state index is 0.414. The van der Waals surface area contributed by atoms with Crippen LogP contribution in [-0.4, -0.2) is 42.4 Å². The number of carbonyl (C=O) groups is 1. The van der Waals surface area contributed by atoms with Gasteiger partial charge in [-0.1, -0.05) is 62.8 Å². The molecule has 1 aliphatic heterocycles. The van der Waals surface area contributed by atoms with Crippen LogP contribution in [0.1, 0.15) is 58.4 Å². The maximum Gasteiger partial charge on any atom is 0.147 e. The van der Waals surface area contributed by atoms with E-state index in [1.165, 1.54) is 24.8 Å². The van der Waals surface area contributed by atoms with Crippen LogP contribution in [0.25, 0.3) is 6.08 Å². The van der Waals surface area contributed by atoms with Gasteiger partial charge in [0.25, 0.3) is 0 Å². The van der Waals surface area contributed by atoms with Gasteiger partial charge < -0.3 is 5.32 Å². The van der Waals surface area contributed by atoms with E-state index in [0.29, 0.717) is 35.7 Å². The zero-order valence-electron chi connectivity index (χ0n) is 17.8. The Balaban J connectivity index is 1.18. The summed E-state index contributed by atoms with van der Waals surface area (Å²) in [4.78, 5) is 14.4. The predicted molar refractivity (Wildman–Crippen MR) is 116 cm³/mol. The van der Waals surface area contributed by atoms with Crippen molar-refractivity contribution in [3.8, 4) is 0 Å². The summed E-state index contributed by atoms with van der Waals surface area (Å²) in [7, 11) is 0. The van der Waals surface area contributed by atoms with Crippen molar-refractivity contribution in [2.75, 3.05) is 19.6 Å². The Bertz CT molecular complexity index is 709. The Morgan fingerprint density at radius 3 is 2.61 bits per heavy atom. The molecular formula is C25H36N2O. The fraction of sp³-hybridized carbons (Fsp3) is 0.640. The molecule has 0 unspecified atom stereocenters. The van der Waals surface area contributed by atoms with Crippen LogP contribution in [-0.2, 0) is 4.79 Å². The number of nitrogens with one attached hydrogen (secondary N) is 1. The van der Waals surface area contributed by atoms with E-state index in [4.69, 9.17) is 0 Å². The van der Waals surface area contributed by atoms with Gasteiger partial charge in [-0.15, -0.1) is 0 Å². The number of carbonyl (C=O) groups excluding carboxylic acids is 1. The highest BCUT2D eigenvalue weighted by Gasteiger charge is 2.54. The molecule has 3 aliphatic rings. The van der Waals surface area contributed by atoms with Gasteiger partial charge in [0, 0.05) is 31.6 Å². The van der Waals surface area contributed by atoms with Gasteiger partial charge in [-0.05, 0) is 48.5 Å². The highest BCUT2D eigenvalue weighted by Crippen LogP contribution is 2.50. The molecule has 2 aliphatic carbocycles. The molecule has 0 radical (unpaired) electrons. The second kappa shape index (κ2) is 8.12. The molecule has 1 heterocycles. The minimum Gasteiger partial charge on any atom is -0.311 e. The van der Waals surface area contributed by atoms with Crippen LogP contribution < -0.4 is 5.32 Å². The lowest BCUT2D eigenvalue weighted by Gasteiger charge is -2.59. The molecule has 2 saturated carbocycles. The fourth-order valence-electron chi connectivity index (χ4n) is 5.47. The first-order valence-electron chi connectivity index (χ1n) is 11.2. The number of Topliss-reactive ketones (excluding diaryl/α,β-unsaturated/α-hetero) is 1. The summed E-state index contributed by atoms with van der Waals surface area (Å²) in [5.74, 6) is 1.63. The van der Waals surface area contributed by atoms with Crippen molar-refractivity contribution in [1.82, 2.24) is 10.2 Å². The van der Waals surface area contributed by atoms with Gasteiger partial charge in [-0.3, -0.25) is 9.69 Å². The Kier molecular flexibility index (Phi) is 5.76. The quantitative estimate of drug-likeness (QED) is 0.683. The number of benzene rings is 1. The summed E-state index contributed by atoms with van der Waals surface area (Å²) in [6.07, 6.45) is 8.17. The van der Waals surface area contributed by atoms with E-state index in [0.717, 1.165) is 31.8 Å². The molecule has 3 nitrogen and oxygen atoms in total. The SMILES string of the molecule is CC/C(=C\c1ccccc1)[C@H]1C[C@@H]1NC1CC2(C1)CN(CC(=O)CC(C)C)C2. The van der Waals surface area contributed by atoms with Crippen molar-refractivity contribution >= 4 is 11.9 Å². The lowest BCUT2D eigenvalue weighted by molar-refractivity contribution is -0.128. The maximum absolute atomic E-state index is 12.0. The number of rotatable bonds is 9. The summed E-state index contributed by atoms with van der Waals surface area (Å²) in [6.45, 7) is 9.48. The molecule has 3 fully saturated rings. The van der Waals surface area contributed by atoms with Crippen molar-refractivity contribution in [3.63, 3.8) is 0 Å². The summed E-state index contributed by atoms with van der Waals surface area (Å²) in [5, 5.41) is 3.92. The van der Waals surface area contributed by atoms with Crippen molar-refractivity contribution in [1.29, 1.82) is 0 Å². The lowest BCUT2D eigenvalue weighted by Crippen LogP contribution is -2.66. The minimum absolute atomic E-state index is 0.414. The third-order valence-corrected chi connectivity index (χ3v) is 6.79. The van der Waals surface area contributed by atoms with Crippen LogP contribution in [0.2, 0.25) is 0 Å². The van der Waals surface area contributed by atoms with Crippen LogP contribution in [0.15, 0.2) is 35.9 Å². The van der Waals surface area contributed by atoms with Crippen molar-refractivity contribution < 1.29 is 4.79 Å². The first kappa shape index (κ1) is 19.8. The van der Waals surface area contributed by atoms with Crippen LogP contribution in [0.4, 0.5) is 0 Å². The normalized spacial score (nSPS) is 26.9. The monoisotopic (exact) mass is 380 g/mol. The number of nitrogens with zero attached hydrogens (tertiary/aromatic N) is 1. The van der Waals surface area contributed by atoms with Crippen LogP contribution in [0, 0.1) is 17.3 Å². The zero-order chi connectivity index (χ0) is 19.7. The topological polar surface area (TPSA) is 32.3 Å². The van der Waals surface area contributed by atoms with Gasteiger partial charge in [0.05, 0.1) is 6.54 Å².